The van der Waals surface area contributed by atoms with E-state index in [0.717, 1.165) is 0 Å². The normalized spacial score (nSPS) is 13.2. The molecule has 0 radical (unpaired) electrons. The van der Waals surface area contributed by atoms with E-state index in [4.69, 9.17) is 9.84 Å². The Morgan fingerprint density at radius 1 is 1.55 bits per heavy atom. The van der Waals surface area contributed by atoms with E-state index in [1.807, 2.05) is 13.8 Å². The quantitative estimate of drug-likeness (QED) is 0.623. The maximum Gasteiger partial charge on any atom is 0.334 e. The smallest absolute Gasteiger partial charge is 0.334 e. The van der Waals surface area contributed by atoms with E-state index < -0.39 is 12.1 Å². The molecule has 3 nitrogen and oxygen atoms in total. The third-order valence-corrected chi connectivity index (χ3v) is 1.22. The third kappa shape index (κ3) is 4.79. The van der Waals surface area contributed by atoms with Crippen LogP contribution in [-0.4, -0.2) is 23.8 Å². The van der Waals surface area contributed by atoms with E-state index in [9.17, 15) is 4.79 Å². The van der Waals surface area contributed by atoms with Crippen molar-refractivity contribution in [3.63, 3.8) is 0 Å². The lowest BCUT2D eigenvalue weighted by atomic mass is 10.2. The number of rotatable bonds is 4. The summed E-state index contributed by atoms with van der Waals surface area (Å²) in [5, 5.41) is 8.96. The molecular weight excluding hydrogens is 144 g/mol. The van der Waals surface area contributed by atoms with Crippen LogP contribution in [0.4, 0.5) is 0 Å². The molecular formula is C8H16O3. The molecule has 1 atom stereocenters. The minimum absolute atomic E-state index is 0.322. The van der Waals surface area contributed by atoms with Gasteiger partial charge in [0.2, 0.25) is 0 Å². The van der Waals surface area contributed by atoms with Crippen LogP contribution in [0.15, 0.2) is 0 Å². The zero-order chi connectivity index (χ0) is 8.85. The highest BCUT2D eigenvalue weighted by molar-refractivity contribution is 5.74. The standard InChI is InChI=1S/C8H16O3/c1-4-7(9)8(10)11-5-6(2)3/h6-7,9H,4-5H2,1-3H3/t7-/m1/s1. The number of esters is 1. The van der Waals surface area contributed by atoms with Crippen LogP contribution in [0.2, 0.25) is 0 Å². The third-order valence-electron chi connectivity index (χ3n) is 1.22. The molecule has 3 heteroatoms. The van der Waals surface area contributed by atoms with Crippen LogP contribution in [-0.2, 0) is 9.53 Å². The molecule has 0 fully saturated rings. The van der Waals surface area contributed by atoms with Crippen molar-refractivity contribution in [1.82, 2.24) is 0 Å². The van der Waals surface area contributed by atoms with E-state index in [2.05, 4.69) is 0 Å². The van der Waals surface area contributed by atoms with Gasteiger partial charge in [-0.2, -0.15) is 0 Å². The number of aliphatic hydroxyl groups excluding tert-OH is 1. The molecule has 0 saturated heterocycles. The SMILES string of the molecule is CC[C@@H](O)C(=O)OCC(C)C. The first-order chi connectivity index (χ1) is 5.07. The highest BCUT2D eigenvalue weighted by atomic mass is 16.5. The van der Waals surface area contributed by atoms with Gasteiger partial charge in [-0.25, -0.2) is 4.79 Å². The Kier molecular flexibility index (Phi) is 4.86. The molecule has 0 aliphatic carbocycles. The van der Waals surface area contributed by atoms with Crippen LogP contribution in [0, 0.1) is 5.92 Å². The molecule has 0 aliphatic rings. The summed E-state index contributed by atoms with van der Waals surface area (Å²) in [4.78, 5) is 10.8. The fourth-order valence-corrected chi connectivity index (χ4v) is 0.512. The molecule has 0 spiro atoms. The van der Waals surface area contributed by atoms with Gasteiger partial charge < -0.3 is 9.84 Å². The molecule has 0 heterocycles. The largest absolute Gasteiger partial charge is 0.464 e. The Bertz CT molecular complexity index is 121. The van der Waals surface area contributed by atoms with Crippen LogP contribution in [0.5, 0.6) is 0 Å². The lowest BCUT2D eigenvalue weighted by Gasteiger charge is -2.09. The fourth-order valence-electron chi connectivity index (χ4n) is 0.512. The summed E-state index contributed by atoms with van der Waals surface area (Å²) >= 11 is 0. The van der Waals surface area contributed by atoms with E-state index in [1.54, 1.807) is 6.92 Å². The summed E-state index contributed by atoms with van der Waals surface area (Å²) in [6, 6.07) is 0. The monoisotopic (exact) mass is 160 g/mol. The summed E-state index contributed by atoms with van der Waals surface area (Å²) in [6.07, 6.45) is -0.537. The van der Waals surface area contributed by atoms with Gasteiger partial charge in [-0.3, -0.25) is 0 Å². The first-order valence-corrected chi connectivity index (χ1v) is 3.92. The molecule has 0 aliphatic heterocycles. The molecule has 0 unspecified atom stereocenters. The van der Waals surface area contributed by atoms with Crippen LogP contribution in [0.1, 0.15) is 27.2 Å². The number of carbonyl (C=O) groups excluding carboxylic acids is 1. The second kappa shape index (κ2) is 5.13. The molecule has 0 aromatic rings. The van der Waals surface area contributed by atoms with Crippen LogP contribution in [0.3, 0.4) is 0 Å². The maximum absolute atomic E-state index is 10.8. The lowest BCUT2D eigenvalue weighted by Crippen LogP contribution is -2.23. The molecule has 0 aromatic carbocycles. The van der Waals surface area contributed by atoms with Gasteiger partial charge in [0.05, 0.1) is 6.61 Å². The van der Waals surface area contributed by atoms with E-state index in [0.29, 0.717) is 18.9 Å². The van der Waals surface area contributed by atoms with Crippen LogP contribution >= 0.6 is 0 Å². The van der Waals surface area contributed by atoms with Gasteiger partial charge >= 0.3 is 5.97 Å². The minimum atomic E-state index is -0.950. The Hall–Kier alpha value is -0.570. The van der Waals surface area contributed by atoms with E-state index >= 15 is 0 Å². The van der Waals surface area contributed by atoms with Crippen molar-refractivity contribution in [1.29, 1.82) is 0 Å². The number of hydrogen-bond donors (Lipinski definition) is 1. The first kappa shape index (κ1) is 10.4. The zero-order valence-corrected chi connectivity index (χ0v) is 7.33. The average Bonchev–Trinajstić information content (AvgIpc) is 1.98. The molecule has 0 amide bonds. The lowest BCUT2D eigenvalue weighted by molar-refractivity contribution is -0.154. The van der Waals surface area contributed by atoms with Crippen molar-refractivity contribution in [2.24, 2.45) is 5.92 Å². The molecule has 11 heavy (non-hydrogen) atoms. The zero-order valence-electron chi connectivity index (χ0n) is 7.33. The molecule has 1 N–H and O–H groups in total. The predicted molar refractivity (Wildman–Crippen MR) is 42.1 cm³/mol. The average molecular weight is 160 g/mol. The van der Waals surface area contributed by atoms with Crippen molar-refractivity contribution in [3.05, 3.63) is 0 Å². The Morgan fingerprint density at radius 2 is 2.09 bits per heavy atom. The molecule has 0 bridgehead atoms. The minimum Gasteiger partial charge on any atom is -0.464 e. The second-order valence-electron chi connectivity index (χ2n) is 2.95. The number of aliphatic hydroxyl groups is 1. The van der Waals surface area contributed by atoms with Crippen LogP contribution < -0.4 is 0 Å². The van der Waals surface area contributed by atoms with E-state index in [-0.39, 0.29) is 0 Å². The predicted octanol–water partition coefficient (Wildman–Crippen LogP) is 0.956. The number of carbonyl (C=O) groups is 1. The topological polar surface area (TPSA) is 46.5 Å². The van der Waals surface area contributed by atoms with Crippen molar-refractivity contribution >= 4 is 5.97 Å². The highest BCUT2D eigenvalue weighted by Gasteiger charge is 2.13. The van der Waals surface area contributed by atoms with Gasteiger partial charge in [0.1, 0.15) is 0 Å². The maximum atomic E-state index is 10.8. The molecule has 0 saturated carbocycles. The summed E-state index contributed by atoms with van der Waals surface area (Å²) < 4.78 is 4.77. The van der Waals surface area contributed by atoms with Gasteiger partial charge in [0.15, 0.2) is 6.10 Å². The molecule has 0 rings (SSSR count). The Balaban J connectivity index is 3.52. The van der Waals surface area contributed by atoms with E-state index in [1.165, 1.54) is 0 Å². The van der Waals surface area contributed by atoms with Crippen molar-refractivity contribution in [3.8, 4) is 0 Å². The van der Waals surface area contributed by atoms with Gasteiger partial charge in [0, 0.05) is 0 Å². The van der Waals surface area contributed by atoms with Gasteiger partial charge in [-0.1, -0.05) is 20.8 Å². The summed E-state index contributed by atoms with van der Waals surface area (Å²) in [6.45, 7) is 6.02. The summed E-state index contributed by atoms with van der Waals surface area (Å²) in [5.74, 6) is -0.191. The highest BCUT2D eigenvalue weighted by Crippen LogP contribution is 1.97. The second-order valence-corrected chi connectivity index (χ2v) is 2.95. The fraction of sp³-hybridized carbons (Fsp3) is 0.875. The number of hydrogen-bond acceptors (Lipinski definition) is 3. The van der Waals surface area contributed by atoms with Crippen molar-refractivity contribution in [2.75, 3.05) is 6.61 Å². The van der Waals surface area contributed by atoms with Crippen molar-refractivity contribution in [2.45, 2.75) is 33.3 Å². The van der Waals surface area contributed by atoms with Gasteiger partial charge in [0.25, 0.3) is 0 Å². The number of ether oxygens (including phenoxy) is 1. The van der Waals surface area contributed by atoms with Crippen LogP contribution in [0.25, 0.3) is 0 Å². The van der Waals surface area contributed by atoms with Gasteiger partial charge in [-0.05, 0) is 12.3 Å². The Morgan fingerprint density at radius 3 is 2.45 bits per heavy atom. The summed E-state index contributed by atoms with van der Waals surface area (Å²) in [7, 11) is 0. The molecule has 0 aromatic heterocycles. The Labute approximate surface area is 67.4 Å². The molecule has 66 valence electrons. The van der Waals surface area contributed by atoms with Gasteiger partial charge in [-0.15, -0.1) is 0 Å². The summed E-state index contributed by atoms with van der Waals surface area (Å²) in [5.41, 5.74) is 0. The van der Waals surface area contributed by atoms with Crippen molar-refractivity contribution < 1.29 is 14.6 Å². The first-order valence-electron chi connectivity index (χ1n) is 3.92.